The molecule has 92 valence electrons. The predicted molar refractivity (Wildman–Crippen MR) is 69.8 cm³/mol. The second kappa shape index (κ2) is 6.37. The summed E-state index contributed by atoms with van der Waals surface area (Å²) in [6, 6.07) is 2.16. The maximum absolute atomic E-state index is 11.2. The molecule has 3 nitrogen and oxygen atoms in total. The molecule has 0 aliphatic carbocycles. The Morgan fingerprint density at radius 3 is 2.75 bits per heavy atom. The first-order valence-electron chi connectivity index (χ1n) is 5.43. The van der Waals surface area contributed by atoms with E-state index < -0.39 is 9.84 Å². The highest BCUT2D eigenvalue weighted by Crippen LogP contribution is 2.10. The summed E-state index contributed by atoms with van der Waals surface area (Å²) in [6.07, 6.45) is 3.11. The van der Waals surface area contributed by atoms with Gasteiger partial charge in [0.05, 0.1) is 5.75 Å². The Morgan fingerprint density at radius 1 is 1.50 bits per heavy atom. The van der Waals surface area contributed by atoms with Crippen LogP contribution >= 0.6 is 11.3 Å². The van der Waals surface area contributed by atoms with Crippen molar-refractivity contribution in [2.45, 2.75) is 25.8 Å². The molecular weight excluding hydrogens is 242 g/mol. The average Bonchev–Trinajstić information content (AvgIpc) is 2.64. The molecule has 1 rings (SSSR count). The molecule has 1 atom stereocenters. The van der Waals surface area contributed by atoms with Crippen LogP contribution in [0, 0.1) is 0 Å². The fraction of sp³-hybridized carbons (Fsp3) is 0.636. The number of thiophene rings is 1. The highest BCUT2D eigenvalue weighted by Gasteiger charge is 2.14. The number of aryl methyl sites for hydroxylation is 1. The van der Waals surface area contributed by atoms with Gasteiger partial charge in [-0.05, 0) is 41.8 Å². The zero-order valence-electron chi connectivity index (χ0n) is 9.77. The van der Waals surface area contributed by atoms with Crippen LogP contribution in [0.5, 0.6) is 0 Å². The van der Waals surface area contributed by atoms with E-state index in [2.05, 4.69) is 16.8 Å². The summed E-state index contributed by atoms with van der Waals surface area (Å²) >= 11 is 1.68. The quantitative estimate of drug-likeness (QED) is 0.812. The summed E-state index contributed by atoms with van der Waals surface area (Å²) in [6.45, 7) is 2.81. The highest BCUT2D eigenvalue weighted by atomic mass is 32.2. The van der Waals surface area contributed by atoms with Gasteiger partial charge in [0.1, 0.15) is 9.84 Å². The molecule has 0 amide bonds. The number of hydrogen-bond acceptors (Lipinski definition) is 4. The van der Waals surface area contributed by atoms with Crippen LogP contribution in [0.15, 0.2) is 16.8 Å². The minimum absolute atomic E-state index is 0.0694. The van der Waals surface area contributed by atoms with Crippen LogP contribution in [0.25, 0.3) is 0 Å². The Kier molecular flexibility index (Phi) is 5.44. The Bertz CT molecular complexity index is 384. The first kappa shape index (κ1) is 13.7. The lowest BCUT2D eigenvalue weighted by atomic mass is 10.1. The molecule has 0 aromatic carbocycles. The topological polar surface area (TPSA) is 46.2 Å². The third-order valence-corrected chi connectivity index (χ3v) is 4.10. The van der Waals surface area contributed by atoms with Crippen LogP contribution in [0.2, 0.25) is 0 Å². The van der Waals surface area contributed by atoms with Gasteiger partial charge in [0.25, 0.3) is 0 Å². The molecule has 0 saturated carbocycles. The van der Waals surface area contributed by atoms with E-state index in [-0.39, 0.29) is 11.8 Å². The van der Waals surface area contributed by atoms with Gasteiger partial charge in [-0.2, -0.15) is 11.3 Å². The smallest absolute Gasteiger partial charge is 0.148 e. The summed E-state index contributed by atoms with van der Waals surface area (Å²) in [7, 11) is -2.90. The fourth-order valence-electron chi connectivity index (χ4n) is 1.67. The van der Waals surface area contributed by atoms with E-state index in [9.17, 15) is 8.42 Å². The predicted octanol–water partition coefficient (Wildman–Crippen LogP) is 1.70. The lowest BCUT2D eigenvalue weighted by Crippen LogP contribution is -2.35. The minimum Gasteiger partial charge on any atom is -0.313 e. The van der Waals surface area contributed by atoms with Crippen LogP contribution in [0.1, 0.15) is 18.9 Å². The third-order valence-electron chi connectivity index (χ3n) is 2.36. The van der Waals surface area contributed by atoms with Crippen molar-refractivity contribution in [2.75, 3.05) is 18.6 Å². The third kappa shape index (κ3) is 5.63. The Morgan fingerprint density at radius 2 is 2.25 bits per heavy atom. The Labute approximate surface area is 102 Å². The van der Waals surface area contributed by atoms with Crippen molar-refractivity contribution < 1.29 is 8.42 Å². The van der Waals surface area contributed by atoms with Gasteiger partial charge in [-0.1, -0.05) is 6.92 Å². The minimum atomic E-state index is -2.90. The van der Waals surface area contributed by atoms with Gasteiger partial charge in [0, 0.05) is 12.3 Å². The monoisotopic (exact) mass is 261 g/mol. The van der Waals surface area contributed by atoms with Gasteiger partial charge in [-0.15, -0.1) is 0 Å². The molecule has 1 aromatic heterocycles. The first-order valence-corrected chi connectivity index (χ1v) is 8.44. The highest BCUT2D eigenvalue weighted by molar-refractivity contribution is 7.90. The number of nitrogens with one attached hydrogen (secondary N) is 1. The molecule has 0 fully saturated rings. The van der Waals surface area contributed by atoms with Crippen molar-refractivity contribution in [1.82, 2.24) is 5.32 Å². The molecule has 0 spiro atoms. The van der Waals surface area contributed by atoms with Gasteiger partial charge in [-0.3, -0.25) is 0 Å². The molecule has 16 heavy (non-hydrogen) atoms. The zero-order valence-corrected chi connectivity index (χ0v) is 11.4. The van der Waals surface area contributed by atoms with Crippen molar-refractivity contribution in [2.24, 2.45) is 0 Å². The summed E-state index contributed by atoms with van der Waals surface area (Å²) < 4.78 is 22.5. The van der Waals surface area contributed by atoms with Crippen molar-refractivity contribution in [3.8, 4) is 0 Å². The molecule has 0 bridgehead atoms. The Hall–Kier alpha value is -0.390. The van der Waals surface area contributed by atoms with E-state index in [0.29, 0.717) is 0 Å². The first-order chi connectivity index (χ1) is 7.51. The number of sulfone groups is 1. The van der Waals surface area contributed by atoms with Crippen molar-refractivity contribution in [3.05, 3.63) is 22.4 Å². The molecule has 1 heterocycles. The van der Waals surface area contributed by atoms with Gasteiger partial charge < -0.3 is 5.32 Å². The van der Waals surface area contributed by atoms with E-state index in [1.54, 1.807) is 11.3 Å². The summed E-state index contributed by atoms with van der Waals surface area (Å²) in [5, 5.41) is 7.39. The van der Waals surface area contributed by atoms with Crippen LogP contribution < -0.4 is 5.32 Å². The van der Waals surface area contributed by atoms with Crippen LogP contribution in [-0.4, -0.2) is 33.0 Å². The van der Waals surface area contributed by atoms with Gasteiger partial charge >= 0.3 is 0 Å². The van der Waals surface area contributed by atoms with Crippen LogP contribution in [0.3, 0.4) is 0 Å². The van der Waals surface area contributed by atoms with Gasteiger partial charge in [-0.25, -0.2) is 8.42 Å². The molecule has 1 unspecified atom stereocenters. The van der Waals surface area contributed by atoms with Crippen LogP contribution in [-0.2, 0) is 16.3 Å². The number of hydrogen-bond donors (Lipinski definition) is 1. The van der Waals surface area contributed by atoms with Crippen molar-refractivity contribution in [3.63, 3.8) is 0 Å². The summed E-state index contributed by atoms with van der Waals surface area (Å²) in [5.74, 6) is 0.227. The molecule has 1 N–H and O–H groups in total. The second-order valence-corrected chi connectivity index (χ2v) is 6.98. The average molecular weight is 261 g/mol. The normalized spacial score (nSPS) is 13.9. The largest absolute Gasteiger partial charge is 0.313 e. The number of rotatable bonds is 7. The molecule has 1 aromatic rings. The van der Waals surface area contributed by atoms with E-state index in [0.717, 1.165) is 19.4 Å². The van der Waals surface area contributed by atoms with Gasteiger partial charge in [0.2, 0.25) is 0 Å². The molecule has 0 saturated heterocycles. The summed E-state index contributed by atoms with van der Waals surface area (Å²) in [4.78, 5) is 0. The van der Waals surface area contributed by atoms with Crippen LogP contribution in [0.4, 0.5) is 0 Å². The van der Waals surface area contributed by atoms with Gasteiger partial charge in [0.15, 0.2) is 0 Å². The van der Waals surface area contributed by atoms with E-state index >= 15 is 0 Å². The molecular formula is C11H19NO2S2. The lowest BCUT2D eigenvalue weighted by molar-refractivity contribution is 0.519. The van der Waals surface area contributed by atoms with Crippen molar-refractivity contribution in [1.29, 1.82) is 0 Å². The van der Waals surface area contributed by atoms with Crippen molar-refractivity contribution >= 4 is 21.2 Å². The molecule has 0 radical (unpaired) electrons. The second-order valence-electron chi connectivity index (χ2n) is 4.02. The Balaban J connectivity index is 2.45. The molecule has 0 aliphatic heterocycles. The fourth-order valence-corrected chi connectivity index (χ4v) is 3.39. The summed E-state index contributed by atoms with van der Waals surface area (Å²) in [5.41, 5.74) is 1.29. The maximum atomic E-state index is 11.2. The van der Waals surface area contributed by atoms with E-state index in [4.69, 9.17) is 0 Å². The maximum Gasteiger partial charge on any atom is 0.148 e. The SMILES string of the molecule is CCNC(CCc1ccsc1)CS(C)(=O)=O. The standard InChI is InChI=1S/C11H19NO2S2/c1-3-12-11(9-16(2,13)14)5-4-10-6-7-15-8-10/h6-8,11-12H,3-5,9H2,1-2H3. The van der Waals surface area contributed by atoms with E-state index in [1.807, 2.05) is 12.3 Å². The zero-order chi connectivity index (χ0) is 12.0. The lowest BCUT2D eigenvalue weighted by Gasteiger charge is -2.16. The molecule has 0 aliphatic rings. The van der Waals surface area contributed by atoms with E-state index in [1.165, 1.54) is 11.8 Å². The molecule has 5 heteroatoms.